The molecule has 2 unspecified atom stereocenters. The molecule has 0 radical (unpaired) electrons. The van der Waals surface area contributed by atoms with Crippen molar-refractivity contribution in [2.75, 3.05) is 13.2 Å². The largest absolute Gasteiger partial charge is 0.486 e. The number of nitrogens with one attached hydrogen (secondary N) is 1. The zero-order valence-corrected chi connectivity index (χ0v) is 12.9. The second-order valence-corrected chi connectivity index (χ2v) is 5.32. The van der Waals surface area contributed by atoms with Gasteiger partial charge in [-0.25, -0.2) is 0 Å². The Bertz CT molecular complexity index is 659. The Hall–Kier alpha value is -2.69. The van der Waals surface area contributed by atoms with Crippen LogP contribution in [0.25, 0.3) is 0 Å². The summed E-state index contributed by atoms with van der Waals surface area (Å²) in [5, 5.41) is 2.83. The van der Waals surface area contributed by atoms with Gasteiger partial charge in [0.25, 0.3) is 5.91 Å². The van der Waals surface area contributed by atoms with E-state index in [-0.39, 0.29) is 12.0 Å². The number of carbonyl (C=O) groups is 1. The van der Waals surface area contributed by atoms with Crippen molar-refractivity contribution in [3.8, 4) is 17.2 Å². The second-order valence-electron chi connectivity index (χ2n) is 5.32. The molecule has 3 rings (SSSR count). The monoisotopic (exact) mass is 313 g/mol. The Morgan fingerprint density at radius 1 is 1.17 bits per heavy atom. The summed E-state index contributed by atoms with van der Waals surface area (Å²) in [5.74, 6) is 1.92. The summed E-state index contributed by atoms with van der Waals surface area (Å²) in [7, 11) is 0. The molecule has 0 spiro atoms. The topological polar surface area (TPSA) is 56.8 Å². The molecule has 1 heterocycles. The Morgan fingerprint density at radius 3 is 2.65 bits per heavy atom. The molecule has 0 bridgehead atoms. The number of para-hydroxylation sites is 3. The van der Waals surface area contributed by atoms with E-state index in [0.29, 0.717) is 24.7 Å². The minimum Gasteiger partial charge on any atom is -0.486 e. The lowest BCUT2D eigenvalue weighted by atomic mass is 10.2. The van der Waals surface area contributed by atoms with E-state index < -0.39 is 6.10 Å². The van der Waals surface area contributed by atoms with Crippen molar-refractivity contribution < 1.29 is 19.0 Å². The lowest BCUT2D eigenvalue weighted by molar-refractivity contribution is -0.127. The molecule has 0 fully saturated rings. The van der Waals surface area contributed by atoms with Crippen LogP contribution in [0.15, 0.2) is 54.6 Å². The average Bonchev–Trinajstić information content (AvgIpc) is 2.60. The molecule has 0 aromatic heterocycles. The number of ether oxygens (including phenoxy) is 3. The fourth-order valence-corrected chi connectivity index (χ4v) is 2.28. The van der Waals surface area contributed by atoms with Gasteiger partial charge in [0, 0.05) is 0 Å². The fraction of sp³-hybridized carbons (Fsp3) is 0.278. The standard InChI is InChI=1S/C18H19NO4/c1-13(22-14-7-3-2-4-8-14)18(20)19-11-15-12-21-16-9-5-6-10-17(16)23-15/h2-10,13,15H,11-12H2,1H3,(H,19,20). The quantitative estimate of drug-likeness (QED) is 0.921. The van der Waals surface area contributed by atoms with Crippen LogP contribution < -0.4 is 19.5 Å². The van der Waals surface area contributed by atoms with Gasteiger partial charge in [0.15, 0.2) is 17.6 Å². The average molecular weight is 313 g/mol. The number of amides is 1. The minimum absolute atomic E-state index is 0.184. The second kappa shape index (κ2) is 7.05. The summed E-state index contributed by atoms with van der Waals surface area (Å²) in [5.41, 5.74) is 0. The van der Waals surface area contributed by atoms with Crippen molar-refractivity contribution >= 4 is 5.91 Å². The van der Waals surface area contributed by atoms with Gasteiger partial charge >= 0.3 is 0 Å². The lowest BCUT2D eigenvalue weighted by Crippen LogP contribution is -2.44. The van der Waals surface area contributed by atoms with Gasteiger partial charge in [0.1, 0.15) is 18.5 Å². The SMILES string of the molecule is CC(Oc1ccccc1)C(=O)NCC1COc2ccccc2O1. The maximum atomic E-state index is 12.1. The van der Waals surface area contributed by atoms with E-state index in [2.05, 4.69) is 5.32 Å². The molecule has 0 saturated heterocycles. The van der Waals surface area contributed by atoms with Crippen LogP contribution >= 0.6 is 0 Å². The molecule has 2 aromatic carbocycles. The Balaban J connectivity index is 1.48. The third-order valence-electron chi connectivity index (χ3n) is 3.50. The minimum atomic E-state index is -0.575. The predicted octanol–water partition coefficient (Wildman–Crippen LogP) is 2.41. The summed E-state index contributed by atoms with van der Waals surface area (Å²) < 4.78 is 17.0. The normalized spacial score (nSPS) is 17.2. The number of hydrogen-bond donors (Lipinski definition) is 1. The first-order valence-electron chi connectivity index (χ1n) is 7.60. The molecule has 1 aliphatic heterocycles. The molecular weight excluding hydrogens is 294 g/mol. The number of rotatable bonds is 5. The van der Waals surface area contributed by atoms with Crippen molar-refractivity contribution in [1.82, 2.24) is 5.32 Å². The number of fused-ring (bicyclic) bond motifs is 1. The molecule has 0 saturated carbocycles. The third kappa shape index (κ3) is 3.94. The fourth-order valence-electron chi connectivity index (χ4n) is 2.28. The molecule has 5 heteroatoms. The Kier molecular flexibility index (Phi) is 4.66. The zero-order chi connectivity index (χ0) is 16.1. The molecule has 2 atom stereocenters. The van der Waals surface area contributed by atoms with E-state index in [9.17, 15) is 4.79 Å². The van der Waals surface area contributed by atoms with Crippen molar-refractivity contribution in [1.29, 1.82) is 0 Å². The number of benzene rings is 2. The maximum Gasteiger partial charge on any atom is 0.260 e. The van der Waals surface area contributed by atoms with Gasteiger partial charge in [-0.2, -0.15) is 0 Å². The van der Waals surface area contributed by atoms with Crippen LogP contribution in [0, 0.1) is 0 Å². The van der Waals surface area contributed by atoms with Gasteiger partial charge in [-0.15, -0.1) is 0 Å². The summed E-state index contributed by atoms with van der Waals surface area (Å²) in [4.78, 5) is 12.1. The highest BCUT2D eigenvalue weighted by Crippen LogP contribution is 2.30. The molecule has 1 aliphatic rings. The first kappa shape index (κ1) is 15.2. The van der Waals surface area contributed by atoms with Gasteiger partial charge in [-0.3, -0.25) is 4.79 Å². The van der Waals surface area contributed by atoms with E-state index in [1.165, 1.54) is 0 Å². The van der Waals surface area contributed by atoms with E-state index in [4.69, 9.17) is 14.2 Å². The molecule has 2 aromatic rings. The molecule has 23 heavy (non-hydrogen) atoms. The predicted molar refractivity (Wildman–Crippen MR) is 85.9 cm³/mol. The van der Waals surface area contributed by atoms with Gasteiger partial charge in [0.05, 0.1) is 6.54 Å². The Morgan fingerprint density at radius 2 is 1.87 bits per heavy atom. The van der Waals surface area contributed by atoms with Crippen LogP contribution in [0.2, 0.25) is 0 Å². The van der Waals surface area contributed by atoms with Crippen LogP contribution in [0.1, 0.15) is 6.92 Å². The highest BCUT2D eigenvalue weighted by atomic mass is 16.6. The van der Waals surface area contributed by atoms with Crippen molar-refractivity contribution in [3.63, 3.8) is 0 Å². The van der Waals surface area contributed by atoms with Crippen molar-refractivity contribution in [2.24, 2.45) is 0 Å². The molecule has 0 aliphatic carbocycles. The summed E-state index contributed by atoms with van der Waals surface area (Å²) >= 11 is 0. The summed E-state index contributed by atoms with van der Waals surface area (Å²) in [6.07, 6.45) is -0.785. The molecule has 5 nitrogen and oxygen atoms in total. The maximum absolute atomic E-state index is 12.1. The van der Waals surface area contributed by atoms with Crippen LogP contribution in [-0.2, 0) is 4.79 Å². The van der Waals surface area contributed by atoms with Crippen LogP contribution in [-0.4, -0.2) is 31.3 Å². The lowest BCUT2D eigenvalue weighted by Gasteiger charge is -2.27. The molecule has 1 N–H and O–H groups in total. The van der Waals surface area contributed by atoms with Crippen LogP contribution in [0.3, 0.4) is 0 Å². The first-order valence-corrected chi connectivity index (χ1v) is 7.60. The first-order chi connectivity index (χ1) is 11.2. The van der Waals surface area contributed by atoms with Crippen LogP contribution in [0.4, 0.5) is 0 Å². The third-order valence-corrected chi connectivity index (χ3v) is 3.50. The zero-order valence-electron chi connectivity index (χ0n) is 12.9. The van der Waals surface area contributed by atoms with Crippen molar-refractivity contribution in [3.05, 3.63) is 54.6 Å². The van der Waals surface area contributed by atoms with Crippen molar-refractivity contribution in [2.45, 2.75) is 19.1 Å². The molecular formula is C18H19NO4. The molecule has 1 amide bonds. The molecule has 120 valence electrons. The van der Waals surface area contributed by atoms with Gasteiger partial charge in [0.2, 0.25) is 0 Å². The van der Waals surface area contributed by atoms with E-state index in [1.807, 2.05) is 54.6 Å². The van der Waals surface area contributed by atoms with E-state index in [1.54, 1.807) is 6.92 Å². The van der Waals surface area contributed by atoms with Crippen LogP contribution in [0.5, 0.6) is 17.2 Å². The van der Waals surface area contributed by atoms with Gasteiger partial charge < -0.3 is 19.5 Å². The van der Waals surface area contributed by atoms with Gasteiger partial charge in [-0.1, -0.05) is 30.3 Å². The summed E-state index contributed by atoms with van der Waals surface area (Å²) in [6, 6.07) is 16.8. The van der Waals surface area contributed by atoms with E-state index >= 15 is 0 Å². The van der Waals surface area contributed by atoms with Gasteiger partial charge in [-0.05, 0) is 31.2 Å². The number of hydrogen-bond acceptors (Lipinski definition) is 4. The highest BCUT2D eigenvalue weighted by molar-refractivity contribution is 5.80. The summed E-state index contributed by atoms with van der Waals surface area (Å²) in [6.45, 7) is 2.50. The Labute approximate surface area is 135 Å². The van der Waals surface area contributed by atoms with E-state index in [0.717, 1.165) is 5.75 Å². The highest BCUT2D eigenvalue weighted by Gasteiger charge is 2.22. The number of carbonyl (C=O) groups excluding carboxylic acids is 1. The smallest absolute Gasteiger partial charge is 0.260 e.